The van der Waals surface area contributed by atoms with Crippen molar-refractivity contribution in [1.82, 2.24) is 15.5 Å². The van der Waals surface area contributed by atoms with Gasteiger partial charge in [0.2, 0.25) is 5.91 Å². The van der Waals surface area contributed by atoms with Crippen LogP contribution >= 0.6 is 0 Å². The van der Waals surface area contributed by atoms with Crippen LogP contribution in [-0.2, 0) is 9.59 Å². The quantitative estimate of drug-likeness (QED) is 0.677. The summed E-state index contributed by atoms with van der Waals surface area (Å²) in [5.41, 5.74) is 0. The number of rotatable bonds is 4. The molecule has 0 aromatic rings. The largest absolute Gasteiger partial charge is 0.481 e. The second kappa shape index (κ2) is 6.11. The molecule has 3 unspecified atom stereocenters. The molecular weight excluding hydrogens is 262 g/mol. The van der Waals surface area contributed by atoms with Crippen molar-refractivity contribution in [3.05, 3.63) is 0 Å². The van der Waals surface area contributed by atoms with Gasteiger partial charge in [-0.05, 0) is 19.3 Å². The molecule has 2 aliphatic heterocycles. The fraction of sp³-hybridized carbons (Fsp3) is 0.769. The lowest BCUT2D eigenvalue weighted by Gasteiger charge is -2.35. The molecule has 20 heavy (non-hydrogen) atoms. The predicted octanol–water partition coefficient (Wildman–Crippen LogP) is 0.0172. The van der Waals surface area contributed by atoms with Crippen molar-refractivity contribution in [2.75, 3.05) is 19.6 Å². The van der Waals surface area contributed by atoms with E-state index in [0.717, 1.165) is 12.8 Å². The molecule has 3 N–H and O–H groups in total. The Morgan fingerprint density at radius 1 is 1.55 bits per heavy atom. The second-order valence-electron chi connectivity index (χ2n) is 5.51. The molecule has 0 bridgehead atoms. The van der Waals surface area contributed by atoms with E-state index >= 15 is 0 Å². The van der Waals surface area contributed by atoms with Crippen LogP contribution in [0.3, 0.4) is 0 Å². The minimum atomic E-state index is -0.858. The number of urea groups is 1. The number of amides is 3. The third kappa shape index (κ3) is 3.02. The van der Waals surface area contributed by atoms with E-state index < -0.39 is 11.9 Å². The summed E-state index contributed by atoms with van der Waals surface area (Å²) in [6.45, 7) is 3.12. The average Bonchev–Trinajstić information content (AvgIpc) is 2.80. The zero-order valence-corrected chi connectivity index (χ0v) is 11.6. The summed E-state index contributed by atoms with van der Waals surface area (Å²) >= 11 is 0. The van der Waals surface area contributed by atoms with Crippen LogP contribution in [0.15, 0.2) is 0 Å². The molecule has 112 valence electrons. The molecule has 3 amide bonds. The van der Waals surface area contributed by atoms with Gasteiger partial charge in [-0.1, -0.05) is 6.92 Å². The van der Waals surface area contributed by atoms with Gasteiger partial charge in [0.05, 0.1) is 17.9 Å². The number of nitrogens with one attached hydrogen (secondary N) is 2. The maximum Gasteiger partial charge on any atom is 0.317 e. The Hall–Kier alpha value is -1.79. The van der Waals surface area contributed by atoms with E-state index in [1.807, 2.05) is 0 Å². The van der Waals surface area contributed by atoms with E-state index in [1.54, 1.807) is 11.8 Å². The summed E-state index contributed by atoms with van der Waals surface area (Å²) in [6, 6.07) is -0.262. The smallest absolute Gasteiger partial charge is 0.317 e. The second-order valence-corrected chi connectivity index (χ2v) is 5.51. The molecule has 7 nitrogen and oxygen atoms in total. The number of likely N-dealkylation sites (tertiary alicyclic amines) is 1. The highest BCUT2D eigenvalue weighted by molar-refractivity contribution is 5.84. The molecule has 3 atom stereocenters. The van der Waals surface area contributed by atoms with Crippen molar-refractivity contribution in [3.8, 4) is 0 Å². The Morgan fingerprint density at radius 3 is 3.00 bits per heavy atom. The lowest BCUT2D eigenvalue weighted by Crippen LogP contribution is -2.52. The van der Waals surface area contributed by atoms with Gasteiger partial charge in [-0.3, -0.25) is 9.59 Å². The molecule has 2 fully saturated rings. The number of aliphatic carboxylic acids is 1. The Labute approximate surface area is 117 Å². The summed E-state index contributed by atoms with van der Waals surface area (Å²) < 4.78 is 0. The van der Waals surface area contributed by atoms with Gasteiger partial charge >= 0.3 is 12.0 Å². The highest BCUT2D eigenvalue weighted by Gasteiger charge is 2.42. The first-order valence-corrected chi connectivity index (χ1v) is 7.05. The molecular formula is C13H21N3O4. The molecule has 2 rings (SSSR count). The lowest BCUT2D eigenvalue weighted by molar-refractivity contribution is -0.141. The number of hydrogen-bond donors (Lipinski definition) is 3. The maximum absolute atomic E-state index is 12.1. The first-order chi connectivity index (χ1) is 9.50. The molecule has 0 aromatic heterocycles. The van der Waals surface area contributed by atoms with E-state index in [0.29, 0.717) is 26.1 Å². The zero-order valence-electron chi connectivity index (χ0n) is 11.6. The van der Waals surface area contributed by atoms with Gasteiger partial charge in [-0.2, -0.15) is 0 Å². The van der Waals surface area contributed by atoms with E-state index in [-0.39, 0.29) is 23.9 Å². The van der Waals surface area contributed by atoms with Crippen molar-refractivity contribution in [2.45, 2.75) is 32.2 Å². The van der Waals surface area contributed by atoms with Crippen LogP contribution in [0.25, 0.3) is 0 Å². The highest BCUT2D eigenvalue weighted by Crippen LogP contribution is 2.27. The van der Waals surface area contributed by atoms with Crippen molar-refractivity contribution in [1.29, 1.82) is 0 Å². The van der Waals surface area contributed by atoms with Gasteiger partial charge in [0.1, 0.15) is 0 Å². The van der Waals surface area contributed by atoms with E-state index in [4.69, 9.17) is 5.11 Å². The van der Waals surface area contributed by atoms with Gasteiger partial charge in [-0.25, -0.2) is 4.79 Å². The van der Waals surface area contributed by atoms with Gasteiger partial charge in [0.15, 0.2) is 0 Å². The highest BCUT2D eigenvalue weighted by atomic mass is 16.4. The average molecular weight is 283 g/mol. The summed E-state index contributed by atoms with van der Waals surface area (Å²) in [6.07, 6.45) is 2.06. The number of carboxylic acid groups (broad SMARTS) is 1. The number of carbonyl (C=O) groups excluding carboxylic acids is 2. The minimum Gasteiger partial charge on any atom is -0.481 e. The third-order valence-corrected chi connectivity index (χ3v) is 4.14. The predicted molar refractivity (Wildman–Crippen MR) is 71.0 cm³/mol. The monoisotopic (exact) mass is 283 g/mol. The molecule has 0 spiro atoms. The Morgan fingerprint density at radius 2 is 2.30 bits per heavy atom. The Balaban J connectivity index is 1.83. The number of piperidine rings is 1. The van der Waals surface area contributed by atoms with Crippen LogP contribution in [0, 0.1) is 11.8 Å². The van der Waals surface area contributed by atoms with Crippen molar-refractivity contribution >= 4 is 17.9 Å². The van der Waals surface area contributed by atoms with Crippen LogP contribution in [-0.4, -0.2) is 53.6 Å². The fourth-order valence-electron chi connectivity index (χ4n) is 2.82. The van der Waals surface area contributed by atoms with E-state index in [9.17, 15) is 14.4 Å². The lowest BCUT2D eigenvalue weighted by atomic mass is 9.92. The SMILES string of the molecule is CC(CCNC(=O)N1CCCC2C(=O)NCC21)C(=O)O. The van der Waals surface area contributed by atoms with Gasteiger partial charge in [-0.15, -0.1) is 0 Å². The van der Waals surface area contributed by atoms with Crippen LogP contribution in [0.2, 0.25) is 0 Å². The van der Waals surface area contributed by atoms with Crippen molar-refractivity contribution in [2.24, 2.45) is 11.8 Å². The maximum atomic E-state index is 12.1. The number of hydrogen-bond acceptors (Lipinski definition) is 3. The standard InChI is InChI=1S/C13H21N3O4/c1-8(12(18)19)4-5-14-13(20)16-6-2-3-9-10(16)7-15-11(9)17/h8-10H,2-7H2,1H3,(H,14,20)(H,15,17)(H,18,19). The molecule has 0 saturated carbocycles. The molecule has 2 saturated heterocycles. The Kier molecular flexibility index (Phi) is 4.46. The summed E-state index contributed by atoms with van der Waals surface area (Å²) in [5, 5.41) is 14.3. The summed E-state index contributed by atoms with van der Waals surface area (Å²) in [4.78, 5) is 36.1. The summed E-state index contributed by atoms with van der Waals surface area (Å²) in [5.74, 6) is -1.39. The number of carboxylic acids is 1. The van der Waals surface area contributed by atoms with Crippen LogP contribution in [0.5, 0.6) is 0 Å². The van der Waals surface area contributed by atoms with Crippen LogP contribution < -0.4 is 10.6 Å². The number of carbonyl (C=O) groups is 3. The van der Waals surface area contributed by atoms with E-state index in [2.05, 4.69) is 10.6 Å². The van der Waals surface area contributed by atoms with E-state index in [1.165, 1.54) is 0 Å². The van der Waals surface area contributed by atoms with Crippen molar-refractivity contribution < 1.29 is 19.5 Å². The molecule has 0 radical (unpaired) electrons. The summed E-state index contributed by atoms with van der Waals surface area (Å²) in [7, 11) is 0. The Bertz CT molecular complexity index is 412. The first-order valence-electron chi connectivity index (χ1n) is 7.05. The van der Waals surface area contributed by atoms with Crippen LogP contribution in [0.4, 0.5) is 4.79 Å². The zero-order chi connectivity index (χ0) is 14.7. The van der Waals surface area contributed by atoms with Gasteiger partial charge in [0, 0.05) is 19.6 Å². The van der Waals surface area contributed by atoms with Crippen LogP contribution in [0.1, 0.15) is 26.2 Å². The number of fused-ring (bicyclic) bond motifs is 1. The van der Waals surface area contributed by atoms with Gasteiger partial charge < -0.3 is 20.6 Å². The third-order valence-electron chi connectivity index (χ3n) is 4.14. The minimum absolute atomic E-state index is 0.0343. The fourth-order valence-corrected chi connectivity index (χ4v) is 2.82. The molecule has 2 aliphatic rings. The molecule has 7 heteroatoms. The molecule has 0 aliphatic carbocycles. The van der Waals surface area contributed by atoms with Gasteiger partial charge in [0.25, 0.3) is 0 Å². The number of nitrogens with zero attached hydrogens (tertiary/aromatic N) is 1. The van der Waals surface area contributed by atoms with Crippen molar-refractivity contribution in [3.63, 3.8) is 0 Å². The normalized spacial score (nSPS) is 26.6. The molecule has 2 heterocycles. The topological polar surface area (TPSA) is 98.7 Å². The molecule has 0 aromatic carbocycles. The first kappa shape index (κ1) is 14.6.